The molecular formula is C33H34N2O6S. The number of ether oxygens (including phenoxy) is 1. The average Bonchev–Trinajstić information content (AvgIpc) is 2.83. The Bertz CT molecular complexity index is 1970. The number of carbonyl (C=O) groups is 1. The lowest BCUT2D eigenvalue weighted by Crippen LogP contribution is -2.37. The van der Waals surface area contributed by atoms with E-state index in [9.17, 15) is 22.9 Å². The Morgan fingerprint density at radius 2 is 1.76 bits per heavy atom. The molecule has 3 aliphatic rings. The summed E-state index contributed by atoms with van der Waals surface area (Å²) in [6, 6.07) is 12.9. The van der Waals surface area contributed by atoms with Crippen LogP contribution in [0.2, 0.25) is 0 Å². The van der Waals surface area contributed by atoms with Crippen molar-refractivity contribution in [3.63, 3.8) is 0 Å². The van der Waals surface area contributed by atoms with Gasteiger partial charge in [-0.2, -0.15) is 8.42 Å². The van der Waals surface area contributed by atoms with E-state index >= 15 is 0 Å². The van der Waals surface area contributed by atoms with Gasteiger partial charge in [0.2, 0.25) is 0 Å². The molecule has 0 amide bonds. The molecule has 0 spiro atoms. The molecule has 218 valence electrons. The maximum absolute atomic E-state index is 12.5. The van der Waals surface area contributed by atoms with Gasteiger partial charge in [-0.25, -0.2) is 4.79 Å². The van der Waals surface area contributed by atoms with Gasteiger partial charge < -0.3 is 15.2 Å². The molecule has 0 radical (unpaired) electrons. The molecule has 8 nitrogen and oxygen atoms in total. The largest absolute Gasteiger partial charge is 0.478 e. The Morgan fingerprint density at radius 1 is 1.02 bits per heavy atom. The van der Waals surface area contributed by atoms with E-state index in [0.29, 0.717) is 45.2 Å². The number of carboxylic acids is 1. The number of carboxylic acid groups (broad SMARTS) is 1. The van der Waals surface area contributed by atoms with Crippen molar-refractivity contribution in [3.05, 3.63) is 92.5 Å². The molecule has 42 heavy (non-hydrogen) atoms. The van der Waals surface area contributed by atoms with Crippen LogP contribution in [0.25, 0.3) is 11.1 Å². The van der Waals surface area contributed by atoms with Crippen LogP contribution in [0.3, 0.4) is 0 Å². The minimum atomic E-state index is -4.27. The summed E-state index contributed by atoms with van der Waals surface area (Å²) in [5, 5.41) is 15.0. The van der Waals surface area contributed by atoms with Gasteiger partial charge in [0.1, 0.15) is 11.5 Å². The number of aromatic carboxylic acids is 1. The summed E-state index contributed by atoms with van der Waals surface area (Å²) in [5.41, 5.74) is 5.87. The number of hydrogen-bond donors (Lipinski definition) is 3. The first-order valence-corrected chi connectivity index (χ1v) is 15.5. The molecule has 9 heteroatoms. The molecule has 1 unspecified atom stereocenters. The Hall–Kier alpha value is -3.95. The number of allylic oxidation sites excluding steroid dienone is 1. The Labute approximate surface area is 245 Å². The molecule has 0 aliphatic carbocycles. The lowest BCUT2D eigenvalue weighted by molar-refractivity contribution is 0.0696. The maximum Gasteiger partial charge on any atom is 0.336 e. The average molecular weight is 587 g/mol. The summed E-state index contributed by atoms with van der Waals surface area (Å²) >= 11 is 0. The fourth-order valence-corrected chi connectivity index (χ4v) is 7.48. The first-order chi connectivity index (χ1) is 19.5. The Morgan fingerprint density at radius 3 is 2.45 bits per heavy atom. The van der Waals surface area contributed by atoms with E-state index < -0.39 is 33.3 Å². The standard InChI is InChI=1S/C33H34N2O6S/c1-17-7-8-20(31(36)37)23(9-17)30-24-10-21-18(2)14-32(3,4)34-26(21)12-28(24)41-29-13-27-22(11-25(29)30)19(16-42(38,39)40)15-33(5,6)35-27/h7-14,19,34H,15-16H2,1-6H3,(H,36,37)(H,38,39,40). The van der Waals surface area contributed by atoms with E-state index in [1.165, 1.54) is 0 Å². The van der Waals surface area contributed by atoms with E-state index in [2.05, 4.69) is 32.2 Å². The van der Waals surface area contributed by atoms with Crippen LogP contribution in [0.1, 0.15) is 85.1 Å². The van der Waals surface area contributed by atoms with Crippen molar-refractivity contribution in [2.45, 2.75) is 65.0 Å². The van der Waals surface area contributed by atoms with E-state index in [1.54, 1.807) is 12.1 Å². The molecule has 0 saturated carbocycles. The fraction of sp³-hybridized carbons (Fsp3) is 0.333. The zero-order chi connectivity index (χ0) is 30.4. The third kappa shape index (κ3) is 5.01. The van der Waals surface area contributed by atoms with Gasteiger partial charge in [-0.05, 0) is 82.9 Å². The summed E-state index contributed by atoms with van der Waals surface area (Å²) in [6.07, 6.45) is 2.59. The quantitative estimate of drug-likeness (QED) is 0.273. The Balaban J connectivity index is 1.74. The van der Waals surface area contributed by atoms with E-state index in [-0.39, 0.29) is 11.1 Å². The molecule has 3 aliphatic heterocycles. The van der Waals surface area contributed by atoms with Gasteiger partial charge in [-0.1, -0.05) is 23.8 Å². The van der Waals surface area contributed by atoms with Gasteiger partial charge in [-0.15, -0.1) is 0 Å². The lowest BCUT2D eigenvalue weighted by atomic mass is 9.81. The van der Waals surface area contributed by atoms with Gasteiger partial charge >= 0.3 is 5.97 Å². The number of nitrogens with one attached hydrogen (secondary N) is 1. The molecule has 3 aromatic rings. The molecule has 1 atom stereocenters. The minimum absolute atomic E-state index is 0.150. The van der Waals surface area contributed by atoms with Crippen LogP contribution in [0.15, 0.2) is 53.5 Å². The second kappa shape index (κ2) is 9.28. The highest BCUT2D eigenvalue weighted by atomic mass is 32.2. The van der Waals surface area contributed by atoms with Crippen molar-refractivity contribution < 1.29 is 27.6 Å². The lowest BCUT2D eigenvalue weighted by Gasteiger charge is -2.34. The molecule has 3 aromatic carbocycles. The highest BCUT2D eigenvalue weighted by molar-refractivity contribution is 7.85. The highest BCUT2D eigenvalue weighted by Crippen LogP contribution is 2.44. The molecule has 0 bridgehead atoms. The van der Waals surface area contributed by atoms with Crippen LogP contribution in [0.5, 0.6) is 11.5 Å². The number of aryl methyl sites for hydroxylation is 1. The normalized spacial score (nSPS) is 19.5. The number of rotatable bonds is 4. The topological polar surface area (TPSA) is 125 Å². The monoisotopic (exact) mass is 586 g/mol. The number of anilines is 1. The van der Waals surface area contributed by atoms with Gasteiger partial charge in [-0.3, -0.25) is 9.55 Å². The van der Waals surface area contributed by atoms with E-state index in [4.69, 9.17) is 9.73 Å². The van der Waals surface area contributed by atoms with Crippen LogP contribution in [0.4, 0.5) is 5.69 Å². The minimum Gasteiger partial charge on any atom is -0.478 e. The van der Waals surface area contributed by atoms with E-state index in [1.807, 2.05) is 51.1 Å². The number of nitrogens with zero attached hydrogens (tertiary/aromatic N) is 1. The summed E-state index contributed by atoms with van der Waals surface area (Å²) < 4.78 is 40.4. The summed E-state index contributed by atoms with van der Waals surface area (Å²) in [4.78, 5) is 17.4. The predicted molar refractivity (Wildman–Crippen MR) is 163 cm³/mol. The highest BCUT2D eigenvalue weighted by Gasteiger charge is 2.34. The van der Waals surface area contributed by atoms with Crippen LogP contribution in [0, 0.1) is 6.92 Å². The van der Waals surface area contributed by atoms with Crippen molar-refractivity contribution >= 4 is 32.9 Å². The van der Waals surface area contributed by atoms with E-state index in [0.717, 1.165) is 28.0 Å². The SMILES string of the molecule is CC1=CC(C)(C)Nc2cc3c(cc21)C(c1cc(C)ccc1C(=O)O)=c1cc2c(cc1O3)=NC(C)(C)CC2CS(=O)(=O)O. The zero-order valence-electron chi connectivity index (χ0n) is 24.5. The molecule has 3 heterocycles. The van der Waals surface area contributed by atoms with Crippen molar-refractivity contribution in [1.82, 2.24) is 0 Å². The van der Waals surface area contributed by atoms with Crippen molar-refractivity contribution in [1.29, 1.82) is 0 Å². The molecule has 6 rings (SSSR count). The third-order valence-electron chi connectivity index (χ3n) is 8.16. The molecule has 0 fully saturated rings. The first kappa shape index (κ1) is 28.2. The summed E-state index contributed by atoms with van der Waals surface area (Å²) in [7, 11) is -4.27. The second-order valence-corrected chi connectivity index (χ2v) is 14.4. The second-order valence-electron chi connectivity index (χ2n) is 12.9. The van der Waals surface area contributed by atoms with Crippen LogP contribution < -0.4 is 20.6 Å². The third-order valence-corrected chi connectivity index (χ3v) is 8.99. The number of fused-ring (bicyclic) bond motifs is 4. The smallest absolute Gasteiger partial charge is 0.336 e. The molecule has 3 N–H and O–H groups in total. The van der Waals surface area contributed by atoms with Gasteiger partial charge in [0, 0.05) is 45.7 Å². The Kier molecular flexibility index (Phi) is 6.22. The molecular weight excluding hydrogens is 552 g/mol. The zero-order valence-corrected chi connectivity index (χ0v) is 25.3. The van der Waals surface area contributed by atoms with Gasteiger partial charge in [0.15, 0.2) is 0 Å². The van der Waals surface area contributed by atoms with Gasteiger partial charge in [0.05, 0.1) is 27.8 Å². The molecule has 0 aromatic heterocycles. The van der Waals surface area contributed by atoms with Crippen molar-refractivity contribution in [2.75, 3.05) is 11.1 Å². The molecule has 0 saturated heterocycles. The number of hydrogen-bond acceptors (Lipinski definition) is 6. The number of benzene rings is 3. The summed E-state index contributed by atoms with van der Waals surface area (Å²) in [6.45, 7) is 12.0. The van der Waals surface area contributed by atoms with Crippen LogP contribution in [-0.4, -0.2) is 40.9 Å². The summed E-state index contributed by atoms with van der Waals surface area (Å²) in [5.74, 6) is -0.913. The van der Waals surface area contributed by atoms with Crippen LogP contribution >= 0.6 is 0 Å². The predicted octanol–water partition coefficient (Wildman–Crippen LogP) is 5.43. The van der Waals surface area contributed by atoms with Crippen LogP contribution in [-0.2, 0) is 10.1 Å². The fourth-order valence-electron chi connectivity index (χ4n) is 6.67. The maximum atomic E-state index is 12.5. The van der Waals surface area contributed by atoms with Crippen molar-refractivity contribution in [3.8, 4) is 11.5 Å². The van der Waals surface area contributed by atoms with Gasteiger partial charge in [0.25, 0.3) is 10.1 Å². The first-order valence-electron chi connectivity index (χ1n) is 13.9. The van der Waals surface area contributed by atoms with Crippen molar-refractivity contribution in [2.24, 2.45) is 4.99 Å².